The molecule has 4 nitrogen and oxygen atoms in total. The molecule has 1 fully saturated rings. The van der Waals surface area contributed by atoms with Gasteiger partial charge in [0.2, 0.25) is 5.91 Å². The highest BCUT2D eigenvalue weighted by molar-refractivity contribution is 7.13. The standard InChI is InChI=1S/C8H11N3OS.ClH/c1-11(7-10-4-5-13-7)6(12)8(9)2-3-8;/h4-5H,2-3,9H2,1H3;1H. The lowest BCUT2D eigenvalue weighted by Gasteiger charge is -2.17. The number of hydrogen-bond acceptors (Lipinski definition) is 4. The first-order valence-electron chi connectivity index (χ1n) is 4.10. The summed E-state index contributed by atoms with van der Waals surface area (Å²) in [4.78, 5) is 17.3. The Morgan fingerprint density at radius 3 is 2.79 bits per heavy atom. The number of amides is 1. The summed E-state index contributed by atoms with van der Waals surface area (Å²) in [5, 5.41) is 2.55. The van der Waals surface area contributed by atoms with Crippen LogP contribution in [0.15, 0.2) is 11.6 Å². The molecule has 1 aromatic rings. The fraction of sp³-hybridized carbons (Fsp3) is 0.500. The van der Waals surface area contributed by atoms with Crippen molar-refractivity contribution in [1.82, 2.24) is 4.98 Å². The SMILES string of the molecule is CN(C(=O)C1(N)CC1)c1nccs1.Cl. The maximum absolute atomic E-state index is 11.7. The Hall–Kier alpha value is -0.650. The van der Waals surface area contributed by atoms with E-state index in [1.807, 2.05) is 5.38 Å². The van der Waals surface area contributed by atoms with E-state index in [0.717, 1.165) is 12.8 Å². The summed E-state index contributed by atoms with van der Waals surface area (Å²) in [7, 11) is 1.72. The number of aromatic nitrogens is 1. The quantitative estimate of drug-likeness (QED) is 0.830. The number of anilines is 1. The second kappa shape index (κ2) is 3.84. The number of hydrogen-bond donors (Lipinski definition) is 1. The van der Waals surface area contributed by atoms with Gasteiger partial charge in [-0.2, -0.15) is 0 Å². The van der Waals surface area contributed by atoms with Crippen LogP contribution in [0.3, 0.4) is 0 Å². The topological polar surface area (TPSA) is 59.2 Å². The van der Waals surface area contributed by atoms with Gasteiger partial charge in [-0.3, -0.25) is 9.69 Å². The maximum atomic E-state index is 11.7. The monoisotopic (exact) mass is 233 g/mol. The number of likely N-dealkylation sites (N-methyl/N-ethyl adjacent to an activating group) is 1. The second-order valence-corrected chi connectivity index (χ2v) is 4.21. The minimum absolute atomic E-state index is 0. The van der Waals surface area contributed by atoms with Crippen molar-refractivity contribution in [3.63, 3.8) is 0 Å². The molecule has 0 aliphatic heterocycles. The zero-order valence-corrected chi connectivity index (χ0v) is 9.40. The molecule has 0 atom stereocenters. The molecule has 0 bridgehead atoms. The van der Waals surface area contributed by atoms with Crippen LogP contribution in [0.5, 0.6) is 0 Å². The zero-order valence-electron chi connectivity index (χ0n) is 7.77. The molecule has 6 heteroatoms. The molecule has 78 valence electrons. The molecule has 2 N–H and O–H groups in total. The van der Waals surface area contributed by atoms with Gasteiger partial charge >= 0.3 is 0 Å². The van der Waals surface area contributed by atoms with Gasteiger partial charge in [-0.05, 0) is 12.8 Å². The molecular weight excluding hydrogens is 222 g/mol. The summed E-state index contributed by atoms with van der Waals surface area (Å²) < 4.78 is 0. The summed E-state index contributed by atoms with van der Waals surface area (Å²) in [6.07, 6.45) is 3.27. The molecule has 0 unspecified atom stereocenters. The molecule has 0 aromatic carbocycles. The van der Waals surface area contributed by atoms with E-state index in [4.69, 9.17) is 5.73 Å². The molecular formula is C8H12ClN3OS. The van der Waals surface area contributed by atoms with Crippen LogP contribution in [0, 0.1) is 0 Å². The van der Waals surface area contributed by atoms with Gasteiger partial charge in [0.15, 0.2) is 5.13 Å². The minimum atomic E-state index is -0.597. The fourth-order valence-corrected chi connectivity index (χ4v) is 1.76. The molecule has 1 amide bonds. The highest BCUT2D eigenvalue weighted by atomic mass is 35.5. The van der Waals surface area contributed by atoms with E-state index >= 15 is 0 Å². The number of thiazole rings is 1. The average molecular weight is 234 g/mol. The average Bonchev–Trinajstić information content (AvgIpc) is 2.71. The number of halogens is 1. The highest BCUT2D eigenvalue weighted by Gasteiger charge is 2.48. The van der Waals surface area contributed by atoms with Gasteiger partial charge in [-0.1, -0.05) is 0 Å². The van der Waals surface area contributed by atoms with Gasteiger partial charge < -0.3 is 5.73 Å². The van der Waals surface area contributed by atoms with Crippen LogP contribution in [-0.2, 0) is 4.79 Å². The molecule has 0 radical (unpaired) electrons. The third kappa shape index (κ3) is 1.89. The first kappa shape index (κ1) is 11.4. The Kier molecular flexibility index (Phi) is 3.14. The van der Waals surface area contributed by atoms with Crippen molar-refractivity contribution in [2.75, 3.05) is 11.9 Å². The lowest BCUT2D eigenvalue weighted by atomic mass is 10.2. The largest absolute Gasteiger partial charge is 0.317 e. The molecule has 1 aliphatic carbocycles. The van der Waals surface area contributed by atoms with E-state index < -0.39 is 5.54 Å². The summed E-state index contributed by atoms with van der Waals surface area (Å²) in [5.41, 5.74) is 5.19. The Bertz CT molecular complexity index is 323. The normalized spacial score (nSPS) is 17.0. The molecule has 1 aliphatic rings. The van der Waals surface area contributed by atoms with Crippen molar-refractivity contribution >= 4 is 34.8 Å². The van der Waals surface area contributed by atoms with Crippen molar-refractivity contribution in [3.8, 4) is 0 Å². The highest BCUT2D eigenvalue weighted by Crippen LogP contribution is 2.35. The minimum Gasteiger partial charge on any atom is -0.317 e. The Morgan fingerprint density at radius 2 is 2.36 bits per heavy atom. The summed E-state index contributed by atoms with van der Waals surface area (Å²) in [6.45, 7) is 0. The van der Waals surface area contributed by atoms with Gasteiger partial charge in [0, 0.05) is 18.6 Å². The number of carbonyl (C=O) groups excluding carboxylic acids is 1. The maximum Gasteiger partial charge on any atom is 0.248 e. The second-order valence-electron chi connectivity index (χ2n) is 3.33. The third-order valence-corrected chi connectivity index (χ3v) is 3.07. The van der Waals surface area contributed by atoms with Crippen LogP contribution in [0.2, 0.25) is 0 Å². The van der Waals surface area contributed by atoms with Crippen LogP contribution in [0.1, 0.15) is 12.8 Å². The number of nitrogens with zero attached hydrogens (tertiary/aromatic N) is 2. The molecule has 2 rings (SSSR count). The molecule has 1 heterocycles. The first-order chi connectivity index (χ1) is 6.13. The molecule has 0 spiro atoms. The van der Waals surface area contributed by atoms with Crippen molar-refractivity contribution in [2.45, 2.75) is 18.4 Å². The van der Waals surface area contributed by atoms with Crippen LogP contribution in [-0.4, -0.2) is 23.5 Å². The van der Waals surface area contributed by atoms with Gasteiger partial charge in [0.1, 0.15) is 0 Å². The predicted octanol–water partition coefficient (Wildman–Crippen LogP) is 1.02. The number of nitrogens with two attached hydrogens (primary N) is 1. The van der Waals surface area contributed by atoms with Crippen molar-refractivity contribution < 1.29 is 4.79 Å². The molecule has 14 heavy (non-hydrogen) atoms. The van der Waals surface area contributed by atoms with Gasteiger partial charge in [0.05, 0.1) is 5.54 Å². The number of rotatable bonds is 2. The lowest BCUT2D eigenvalue weighted by Crippen LogP contribution is -2.43. The van der Waals surface area contributed by atoms with Crippen LogP contribution < -0.4 is 10.6 Å². The van der Waals surface area contributed by atoms with E-state index in [2.05, 4.69) is 4.98 Å². The molecule has 0 saturated heterocycles. The third-order valence-electron chi connectivity index (χ3n) is 2.23. The Balaban J connectivity index is 0.000000980. The fourth-order valence-electron chi connectivity index (χ4n) is 1.15. The predicted molar refractivity (Wildman–Crippen MR) is 58.9 cm³/mol. The zero-order chi connectivity index (χ0) is 9.47. The van der Waals surface area contributed by atoms with Crippen molar-refractivity contribution in [3.05, 3.63) is 11.6 Å². The molecule has 1 aromatic heterocycles. The Labute approximate surface area is 92.5 Å². The van der Waals surface area contributed by atoms with Gasteiger partial charge in [-0.15, -0.1) is 23.7 Å². The first-order valence-corrected chi connectivity index (χ1v) is 4.98. The van der Waals surface area contributed by atoms with Crippen LogP contribution in [0.4, 0.5) is 5.13 Å². The smallest absolute Gasteiger partial charge is 0.248 e. The lowest BCUT2D eigenvalue weighted by molar-refractivity contribution is -0.120. The molecule has 1 saturated carbocycles. The summed E-state index contributed by atoms with van der Waals surface area (Å²) >= 11 is 1.44. The van der Waals surface area contributed by atoms with Crippen molar-refractivity contribution in [1.29, 1.82) is 0 Å². The van der Waals surface area contributed by atoms with Crippen LogP contribution >= 0.6 is 23.7 Å². The Morgan fingerprint density at radius 1 is 1.71 bits per heavy atom. The van der Waals surface area contributed by atoms with Crippen LogP contribution in [0.25, 0.3) is 0 Å². The van der Waals surface area contributed by atoms with E-state index in [1.54, 1.807) is 13.2 Å². The summed E-state index contributed by atoms with van der Waals surface area (Å²) in [5.74, 6) is -0.0255. The number of carbonyl (C=O) groups is 1. The van der Waals surface area contributed by atoms with E-state index in [0.29, 0.717) is 5.13 Å². The van der Waals surface area contributed by atoms with E-state index in [1.165, 1.54) is 16.2 Å². The van der Waals surface area contributed by atoms with Gasteiger partial charge in [0.25, 0.3) is 0 Å². The van der Waals surface area contributed by atoms with Gasteiger partial charge in [-0.25, -0.2) is 4.98 Å². The van der Waals surface area contributed by atoms with E-state index in [-0.39, 0.29) is 18.3 Å². The van der Waals surface area contributed by atoms with E-state index in [9.17, 15) is 4.79 Å². The van der Waals surface area contributed by atoms with Crippen molar-refractivity contribution in [2.24, 2.45) is 5.73 Å². The summed E-state index contributed by atoms with van der Waals surface area (Å²) in [6, 6.07) is 0.